The molecular formula is C12H14ClFN2O. The third-order valence-corrected chi connectivity index (χ3v) is 3.32. The van der Waals surface area contributed by atoms with E-state index in [4.69, 9.17) is 11.6 Å². The Kier molecular flexibility index (Phi) is 3.64. The van der Waals surface area contributed by atoms with Gasteiger partial charge in [0.05, 0.1) is 5.92 Å². The molecule has 0 radical (unpaired) electrons. The Morgan fingerprint density at radius 3 is 2.82 bits per heavy atom. The maximum Gasteiger partial charge on any atom is 0.228 e. The molecule has 0 bridgehead atoms. The van der Waals surface area contributed by atoms with Crippen molar-refractivity contribution in [2.45, 2.75) is 6.54 Å². The largest absolute Gasteiger partial charge is 0.341 e. The second-order valence-electron chi connectivity index (χ2n) is 4.25. The molecule has 1 amide bonds. The first kappa shape index (κ1) is 12.3. The second-order valence-corrected chi connectivity index (χ2v) is 4.66. The van der Waals surface area contributed by atoms with E-state index in [0.717, 1.165) is 0 Å². The van der Waals surface area contributed by atoms with Crippen LogP contribution in [0.2, 0.25) is 5.02 Å². The highest BCUT2D eigenvalue weighted by Crippen LogP contribution is 2.21. The van der Waals surface area contributed by atoms with E-state index in [9.17, 15) is 9.18 Å². The average Bonchev–Trinajstić information content (AvgIpc) is 2.21. The SMILES string of the molecule is CN(Cc1c(F)cccc1Cl)C(=O)C1CNC1. The van der Waals surface area contributed by atoms with Crippen LogP contribution < -0.4 is 5.32 Å². The fraction of sp³-hybridized carbons (Fsp3) is 0.417. The van der Waals surface area contributed by atoms with E-state index in [1.165, 1.54) is 11.0 Å². The first-order valence-electron chi connectivity index (χ1n) is 5.48. The monoisotopic (exact) mass is 256 g/mol. The van der Waals surface area contributed by atoms with Crippen LogP contribution >= 0.6 is 11.6 Å². The van der Waals surface area contributed by atoms with Crippen LogP contribution in [-0.2, 0) is 11.3 Å². The molecule has 5 heteroatoms. The summed E-state index contributed by atoms with van der Waals surface area (Å²) in [6.45, 7) is 1.61. The summed E-state index contributed by atoms with van der Waals surface area (Å²) in [7, 11) is 1.67. The molecule has 1 saturated heterocycles. The molecule has 17 heavy (non-hydrogen) atoms. The van der Waals surface area contributed by atoms with Crippen LogP contribution in [-0.4, -0.2) is 30.9 Å². The predicted octanol–water partition coefficient (Wildman–Crippen LogP) is 1.66. The Labute approximate surface area is 105 Å². The summed E-state index contributed by atoms with van der Waals surface area (Å²) in [5.41, 5.74) is 0.372. The van der Waals surface area contributed by atoms with Crippen molar-refractivity contribution in [3.8, 4) is 0 Å². The molecule has 1 aliphatic rings. The zero-order valence-electron chi connectivity index (χ0n) is 9.54. The number of hydrogen-bond acceptors (Lipinski definition) is 2. The Hall–Kier alpha value is -1.13. The van der Waals surface area contributed by atoms with Gasteiger partial charge in [-0.1, -0.05) is 17.7 Å². The molecule has 0 aliphatic carbocycles. The lowest BCUT2D eigenvalue weighted by Crippen LogP contribution is -2.51. The summed E-state index contributed by atoms with van der Waals surface area (Å²) in [6, 6.07) is 4.53. The number of nitrogens with one attached hydrogen (secondary N) is 1. The van der Waals surface area contributed by atoms with Gasteiger partial charge < -0.3 is 10.2 Å². The average molecular weight is 257 g/mol. The van der Waals surface area contributed by atoms with E-state index in [-0.39, 0.29) is 24.2 Å². The molecule has 1 aliphatic heterocycles. The first-order chi connectivity index (χ1) is 8.09. The van der Waals surface area contributed by atoms with Crippen molar-refractivity contribution in [1.82, 2.24) is 10.2 Å². The number of hydrogen-bond donors (Lipinski definition) is 1. The Bertz CT molecular complexity index is 414. The maximum atomic E-state index is 13.5. The van der Waals surface area contributed by atoms with E-state index in [1.807, 2.05) is 0 Å². The standard InChI is InChI=1S/C12H14ClFN2O/c1-16(12(17)8-5-15-6-8)7-9-10(13)3-2-4-11(9)14/h2-4,8,15H,5-7H2,1H3. The van der Waals surface area contributed by atoms with Crippen LogP contribution in [0.4, 0.5) is 4.39 Å². The van der Waals surface area contributed by atoms with Gasteiger partial charge in [0, 0.05) is 37.3 Å². The van der Waals surface area contributed by atoms with Crippen molar-refractivity contribution in [1.29, 1.82) is 0 Å². The molecule has 0 saturated carbocycles. The summed E-state index contributed by atoms with van der Waals surface area (Å²) in [4.78, 5) is 13.4. The smallest absolute Gasteiger partial charge is 0.228 e. The molecule has 1 fully saturated rings. The molecule has 92 valence electrons. The summed E-state index contributed by atoms with van der Waals surface area (Å²) in [5.74, 6) is -0.322. The van der Waals surface area contributed by atoms with Gasteiger partial charge in [-0.05, 0) is 12.1 Å². The quantitative estimate of drug-likeness (QED) is 0.892. The van der Waals surface area contributed by atoms with Gasteiger partial charge in [-0.15, -0.1) is 0 Å². The Morgan fingerprint density at radius 2 is 2.29 bits per heavy atom. The van der Waals surface area contributed by atoms with Crippen LogP contribution in [0, 0.1) is 11.7 Å². The van der Waals surface area contributed by atoms with Crippen molar-refractivity contribution < 1.29 is 9.18 Å². The topological polar surface area (TPSA) is 32.3 Å². The molecule has 0 atom stereocenters. The van der Waals surface area contributed by atoms with Crippen LogP contribution in [0.15, 0.2) is 18.2 Å². The summed E-state index contributed by atoms with van der Waals surface area (Å²) in [6.07, 6.45) is 0. The van der Waals surface area contributed by atoms with E-state index in [0.29, 0.717) is 23.7 Å². The number of halogens is 2. The Balaban J connectivity index is 2.07. The number of amides is 1. The number of carbonyl (C=O) groups is 1. The highest BCUT2D eigenvalue weighted by Gasteiger charge is 2.28. The van der Waals surface area contributed by atoms with E-state index in [2.05, 4.69) is 5.32 Å². The number of rotatable bonds is 3. The molecule has 1 aromatic carbocycles. The molecular weight excluding hydrogens is 243 g/mol. The number of benzene rings is 1. The lowest BCUT2D eigenvalue weighted by Gasteiger charge is -2.30. The zero-order valence-corrected chi connectivity index (χ0v) is 10.3. The summed E-state index contributed by atoms with van der Waals surface area (Å²) in [5, 5.41) is 3.39. The lowest BCUT2D eigenvalue weighted by atomic mass is 10.0. The Morgan fingerprint density at radius 1 is 1.59 bits per heavy atom. The predicted molar refractivity (Wildman–Crippen MR) is 64.2 cm³/mol. The minimum atomic E-state index is -0.371. The van der Waals surface area contributed by atoms with Gasteiger partial charge in [-0.2, -0.15) is 0 Å². The van der Waals surface area contributed by atoms with Crippen molar-refractivity contribution in [2.24, 2.45) is 5.92 Å². The fourth-order valence-electron chi connectivity index (χ4n) is 1.77. The third-order valence-electron chi connectivity index (χ3n) is 2.96. The van der Waals surface area contributed by atoms with Crippen LogP contribution in [0.5, 0.6) is 0 Å². The molecule has 0 unspecified atom stereocenters. The van der Waals surface area contributed by atoms with Crippen LogP contribution in [0.1, 0.15) is 5.56 Å². The number of carbonyl (C=O) groups excluding carboxylic acids is 1. The minimum absolute atomic E-state index is 0.0190. The molecule has 2 rings (SSSR count). The van der Waals surface area contributed by atoms with Gasteiger partial charge in [0.15, 0.2) is 0 Å². The highest BCUT2D eigenvalue weighted by atomic mass is 35.5. The lowest BCUT2D eigenvalue weighted by molar-refractivity contribution is -0.136. The fourth-order valence-corrected chi connectivity index (χ4v) is 2.00. The molecule has 0 aromatic heterocycles. The molecule has 1 heterocycles. The van der Waals surface area contributed by atoms with Gasteiger partial charge in [0.2, 0.25) is 5.91 Å². The van der Waals surface area contributed by atoms with Crippen molar-refractivity contribution in [3.63, 3.8) is 0 Å². The second kappa shape index (κ2) is 5.02. The zero-order chi connectivity index (χ0) is 12.4. The summed E-state index contributed by atoms with van der Waals surface area (Å²) < 4.78 is 13.5. The molecule has 3 nitrogen and oxygen atoms in total. The van der Waals surface area contributed by atoms with E-state index < -0.39 is 0 Å². The molecule has 0 spiro atoms. The van der Waals surface area contributed by atoms with Gasteiger partial charge in [0.1, 0.15) is 5.82 Å². The van der Waals surface area contributed by atoms with Gasteiger partial charge in [0.25, 0.3) is 0 Å². The van der Waals surface area contributed by atoms with E-state index in [1.54, 1.807) is 19.2 Å². The first-order valence-corrected chi connectivity index (χ1v) is 5.86. The minimum Gasteiger partial charge on any atom is -0.341 e. The van der Waals surface area contributed by atoms with Gasteiger partial charge in [-0.3, -0.25) is 4.79 Å². The van der Waals surface area contributed by atoms with Crippen molar-refractivity contribution in [2.75, 3.05) is 20.1 Å². The molecule has 1 N–H and O–H groups in total. The van der Waals surface area contributed by atoms with Gasteiger partial charge in [-0.25, -0.2) is 4.39 Å². The maximum absolute atomic E-state index is 13.5. The van der Waals surface area contributed by atoms with Crippen LogP contribution in [0.25, 0.3) is 0 Å². The van der Waals surface area contributed by atoms with Gasteiger partial charge >= 0.3 is 0 Å². The normalized spacial score (nSPS) is 15.5. The van der Waals surface area contributed by atoms with Crippen molar-refractivity contribution in [3.05, 3.63) is 34.6 Å². The van der Waals surface area contributed by atoms with Crippen molar-refractivity contribution >= 4 is 17.5 Å². The van der Waals surface area contributed by atoms with E-state index >= 15 is 0 Å². The van der Waals surface area contributed by atoms with Crippen LogP contribution in [0.3, 0.4) is 0 Å². The third kappa shape index (κ3) is 2.58. The summed E-state index contributed by atoms with van der Waals surface area (Å²) >= 11 is 5.92. The number of nitrogens with zero attached hydrogens (tertiary/aromatic N) is 1. The molecule has 1 aromatic rings. The highest BCUT2D eigenvalue weighted by molar-refractivity contribution is 6.31.